The fraction of sp³-hybridized carbons (Fsp3) is 0. The van der Waals surface area contributed by atoms with Crippen LogP contribution in [0, 0.1) is 0 Å². The summed E-state index contributed by atoms with van der Waals surface area (Å²) in [5, 5.41) is 5.26. The number of nitrogens with zero attached hydrogens (tertiary/aromatic N) is 1. The first-order valence-electron chi connectivity index (χ1n) is 19.3. The van der Waals surface area contributed by atoms with Gasteiger partial charge in [0, 0.05) is 57.4 Å². The molecule has 0 amide bonds. The largest absolute Gasteiger partial charge is 0.311 e. The van der Waals surface area contributed by atoms with Crippen molar-refractivity contribution in [1.29, 1.82) is 0 Å². The van der Waals surface area contributed by atoms with E-state index in [-0.39, 0.29) is 0 Å². The number of anilines is 3. The van der Waals surface area contributed by atoms with Crippen LogP contribution in [-0.2, 0) is 0 Å². The van der Waals surface area contributed by atoms with E-state index in [1.54, 1.807) is 0 Å². The molecule has 11 rings (SSSR count). The minimum atomic E-state index is 1.11. The van der Waals surface area contributed by atoms with Crippen molar-refractivity contribution < 1.29 is 0 Å². The molecule has 0 aliphatic rings. The molecule has 2 heterocycles. The summed E-state index contributed by atoms with van der Waals surface area (Å²) in [6.07, 6.45) is 0. The van der Waals surface area contributed by atoms with Crippen LogP contribution < -0.4 is 4.90 Å². The first-order valence-corrected chi connectivity index (χ1v) is 21.0. The van der Waals surface area contributed by atoms with Gasteiger partial charge in [-0.25, -0.2) is 0 Å². The molecule has 0 bridgehead atoms. The number of hydrogen-bond donors (Lipinski definition) is 0. The summed E-state index contributed by atoms with van der Waals surface area (Å²) < 4.78 is 5.27. The lowest BCUT2D eigenvalue weighted by Crippen LogP contribution is -2.09. The van der Waals surface area contributed by atoms with Crippen LogP contribution in [0.15, 0.2) is 212 Å². The van der Waals surface area contributed by atoms with Gasteiger partial charge in [0.1, 0.15) is 0 Å². The molecule has 9 aromatic carbocycles. The number of thiophene rings is 2. The van der Waals surface area contributed by atoms with Crippen LogP contribution in [0.25, 0.3) is 84.9 Å². The van der Waals surface area contributed by atoms with Crippen LogP contribution in [0.5, 0.6) is 0 Å². The standard InChI is InChI=1S/C54H35NS2/c1-3-11-36(12-4-1)38-19-26-42(27-20-38)55(43-28-21-39(22-29-43)37-13-5-2-6-14-37)44-30-23-40(24-31-44)48-35-54-50(46-16-8-10-18-52(46)57-54)34-47(48)41-25-32-53-49(33-41)45-15-7-9-17-51(45)56-53/h1-35H. The zero-order valence-electron chi connectivity index (χ0n) is 31.0. The zero-order chi connectivity index (χ0) is 37.7. The first kappa shape index (κ1) is 33.5. The molecule has 0 spiro atoms. The average molecular weight is 762 g/mol. The van der Waals surface area contributed by atoms with E-state index < -0.39 is 0 Å². The molecule has 0 saturated carbocycles. The Balaban J connectivity index is 1.04. The molecule has 1 nitrogen and oxygen atoms in total. The quantitative estimate of drug-likeness (QED) is 0.156. The second-order valence-electron chi connectivity index (χ2n) is 14.5. The monoisotopic (exact) mass is 761 g/mol. The van der Waals surface area contributed by atoms with E-state index >= 15 is 0 Å². The van der Waals surface area contributed by atoms with Gasteiger partial charge in [0.25, 0.3) is 0 Å². The zero-order valence-corrected chi connectivity index (χ0v) is 32.6. The lowest BCUT2D eigenvalue weighted by molar-refractivity contribution is 1.28. The normalized spacial score (nSPS) is 11.5. The van der Waals surface area contributed by atoms with Gasteiger partial charge in [-0.15, -0.1) is 22.7 Å². The maximum atomic E-state index is 2.43. The fourth-order valence-corrected chi connectivity index (χ4v) is 10.5. The molecule has 2 aromatic heterocycles. The number of hydrogen-bond acceptors (Lipinski definition) is 3. The maximum absolute atomic E-state index is 2.43. The Labute approximate surface area is 340 Å². The molecule has 0 aliphatic heterocycles. The molecule has 57 heavy (non-hydrogen) atoms. The summed E-state index contributed by atoms with van der Waals surface area (Å²) in [4.78, 5) is 2.36. The fourth-order valence-electron chi connectivity index (χ4n) is 8.25. The molecule has 268 valence electrons. The van der Waals surface area contributed by atoms with E-state index in [0.717, 1.165) is 17.1 Å². The lowest BCUT2D eigenvalue weighted by atomic mass is 9.92. The van der Waals surface area contributed by atoms with Crippen molar-refractivity contribution >= 4 is 80.1 Å². The summed E-state index contributed by atoms with van der Waals surface area (Å²) >= 11 is 3.74. The molecule has 0 radical (unpaired) electrons. The van der Waals surface area contributed by atoms with Gasteiger partial charge in [-0.05, 0) is 117 Å². The summed E-state index contributed by atoms with van der Waals surface area (Å²) in [5.74, 6) is 0. The minimum Gasteiger partial charge on any atom is -0.311 e. The highest BCUT2D eigenvalue weighted by Crippen LogP contribution is 2.45. The lowest BCUT2D eigenvalue weighted by Gasteiger charge is -2.26. The first-order chi connectivity index (χ1) is 28.2. The smallest absolute Gasteiger partial charge is 0.0462 e. The van der Waals surface area contributed by atoms with Crippen molar-refractivity contribution in [2.75, 3.05) is 4.90 Å². The van der Waals surface area contributed by atoms with E-state index in [4.69, 9.17) is 0 Å². The molecule has 0 aliphatic carbocycles. The molecule has 0 atom stereocenters. The topological polar surface area (TPSA) is 3.24 Å². The Hall–Kier alpha value is -6.78. The van der Waals surface area contributed by atoms with Crippen molar-refractivity contribution in [3.63, 3.8) is 0 Å². The molecule has 0 unspecified atom stereocenters. The third-order valence-corrected chi connectivity index (χ3v) is 13.4. The summed E-state index contributed by atoms with van der Waals surface area (Å²) in [6.45, 7) is 0. The van der Waals surface area contributed by atoms with Crippen molar-refractivity contribution in [2.45, 2.75) is 0 Å². The van der Waals surface area contributed by atoms with E-state index in [1.807, 2.05) is 22.7 Å². The average Bonchev–Trinajstić information content (AvgIpc) is 3.85. The SMILES string of the molecule is c1ccc(-c2ccc(N(c3ccc(-c4ccccc4)cc3)c3ccc(-c4cc5sc6ccccc6c5cc4-c4ccc5sc6ccccc6c5c4)cc3)cc2)cc1. The van der Waals surface area contributed by atoms with E-state index in [9.17, 15) is 0 Å². The Morgan fingerprint density at radius 2 is 0.632 bits per heavy atom. The van der Waals surface area contributed by atoms with Gasteiger partial charge in [0.15, 0.2) is 0 Å². The second kappa shape index (κ2) is 14.1. The van der Waals surface area contributed by atoms with Crippen LogP contribution >= 0.6 is 22.7 Å². The third kappa shape index (κ3) is 6.09. The van der Waals surface area contributed by atoms with Crippen molar-refractivity contribution in [2.24, 2.45) is 0 Å². The Bertz CT molecular complexity index is 3110. The van der Waals surface area contributed by atoms with Gasteiger partial charge in [-0.2, -0.15) is 0 Å². The molecule has 0 N–H and O–H groups in total. The predicted octanol–water partition coefficient (Wildman–Crippen LogP) is 16.6. The molecule has 11 aromatic rings. The number of benzene rings is 9. The predicted molar refractivity (Wildman–Crippen MR) is 249 cm³/mol. The van der Waals surface area contributed by atoms with Crippen LogP contribution in [0.2, 0.25) is 0 Å². The second-order valence-corrected chi connectivity index (χ2v) is 16.7. The van der Waals surface area contributed by atoms with Crippen molar-refractivity contribution in [3.8, 4) is 44.5 Å². The van der Waals surface area contributed by atoms with Crippen molar-refractivity contribution in [3.05, 3.63) is 212 Å². The molecular weight excluding hydrogens is 727 g/mol. The van der Waals surface area contributed by atoms with Gasteiger partial charge in [-0.1, -0.05) is 140 Å². The molecule has 0 saturated heterocycles. The van der Waals surface area contributed by atoms with E-state index in [0.29, 0.717) is 0 Å². The van der Waals surface area contributed by atoms with Gasteiger partial charge < -0.3 is 4.90 Å². The van der Waals surface area contributed by atoms with Gasteiger partial charge in [0.2, 0.25) is 0 Å². The van der Waals surface area contributed by atoms with E-state index in [2.05, 4.69) is 217 Å². The summed E-state index contributed by atoms with van der Waals surface area (Å²) in [7, 11) is 0. The van der Waals surface area contributed by atoms with Crippen LogP contribution in [0.1, 0.15) is 0 Å². The van der Waals surface area contributed by atoms with Crippen LogP contribution in [0.4, 0.5) is 17.1 Å². The Morgan fingerprint density at radius 3 is 1.18 bits per heavy atom. The Kier molecular flexibility index (Phi) is 8.28. The van der Waals surface area contributed by atoms with Crippen LogP contribution in [0.3, 0.4) is 0 Å². The van der Waals surface area contributed by atoms with Gasteiger partial charge in [-0.3, -0.25) is 0 Å². The Morgan fingerprint density at radius 1 is 0.246 bits per heavy atom. The maximum Gasteiger partial charge on any atom is 0.0462 e. The van der Waals surface area contributed by atoms with E-state index in [1.165, 1.54) is 84.9 Å². The van der Waals surface area contributed by atoms with Gasteiger partial charge in [0.05, 0.1) is 0 Å². The number of fused-ring (bicyclic) bond motifs is 6. The molecular formula is C54H35NS2. The van der Waals surface area contributed by atoms with Gasteiger partial charge >= 0.3 is 0 Å². The highest BCUT2D eigenvalue weighted by atomic mass is 32.1. The summed E-state index contributed by atoms with van der Waals surface area (Å²) in [6, 6.07) is 77.6. The van der Waals surface area contributed by atoms with Crippen LogP contribution in [-0.4, -0.2) is 0 Å². The molecule has 3 heteroatoms. The third-order valence-electron chi connectivity index (χ3n) is 11.1. The highest BCUT2D eigenvalue weighted by Gasteiger charge is 2.18. The van der Waals surface area contributed by atoms with Crippen molar-refractivity contribution in [1.82, 2.24) is 0 Å². The minimum absolute atomic E-state index is 1.11. The number of rotatable bonds is 7. The summed E-state index contributed by atoms with van der Waals surface area (Å²) in [5.41, 5.74) is 13.1. The molecule has 0 fully saturated rings. The highest BCUT2D eigenvalue weighted by molar-refractivity contribution is 7.26.